The van der Waals surface area contributed by atoms with Crippen LogP contribution in [0, 0.1) is 5.92 Å². The van der Waals surface area contributed by atoms with Gasteiger partial charge in [0.1, 0.15) is 5.60 Å². The molecule has 1 fully saturated rings. The van der Waals surface area contributed by atoms with Gasteiger partial charge >= 0.3 is 6.09 Å². The second-order valence-corrected chi connectivity index (χ2v) is 8.15. The van der Waals surface area contributed by atoms with Crippen LogP contribution in [0.25, 0.3) is 0 Å². The molecule has 3 rings (SSSR count). The maximum atomic E-state index is 12.4. The molecule has 0 aliphatic carbocycles. The van der Waals surface area contributed by atoms with Gasteiger partial charge in [-0.2, -0.15) is 0 Å². The Labute approximate surface area is 159 Å². The van der Waals surface area contributed by atoms with E-state index in [-0.39, 0.29) is 11.8 Å². The van der Waals surface area contributed by atoms with Crippen LogP contribution in [0.3, 0.4) is 0 Å². The van der Waals surface area contributed by atoms with E-state index in [1.807, 2.05) is 20.8 Å². The second kappa shape index (κ2) is 7.68. The van der Waals surface area contributed by atoms with Gasteiger partial charge in [0.2, 0.25) is 0 Å². The number of rotatable bonds is 5. The van der Waals surface area contributed by atoms with Crippen LogP contribution in [-0.4, -0.2) is 66.0 Å². The van der Waals surface area contributed by atoms with Crippen LogP contribution in [0.5, 0.6) is 0 Å². The standard InChI is InChI=1S/C20H27N3O4/c1-20(2,3)27-19(26)21-12-14-8-9-22(13-14)10-11-23-17(24)15-6-4-5-7-16(15)18(23)25/h4-7,14H,8-13H2,1-3H3,(H,21,26)/t14-/m0/s1. The molecule has 146 valence electrons. The van der Waals surface area contributed by atoms with Crippen molar-refractivity contribution in [1.29, 1.82) is 0 Å². The number of ether oxygens (including phenoxy) is 1. The number of imide groups is 1. The summed E-state index contributed by atoms with van der Waals surface area (Å²) >= 11 is 0. The van der Waals surface area contributed by atoms with E-state index in [1.54, 1.807) is 24.3 Å². The number of benzene rings is 1. The highest BCUT2D eigenvalue weighted by Gasteiger charge is 2.35. The van der Waals surface area contributed by atoms with Crippen molar-refractivity contribution in [3.05, 3.63) is 35.4 Å². The lowest BCUT2D eigenvalue weighted by atomic mass is 10.1. The molecule has 0 spiro atoms. The van der Waals surface area contributed by atoms with Crippen LogP contribution >= 0.6 is 0 Å². The Hall–Kier alpha value is -2.41. The number of fused-ring (bicyclic) bond motifs is 1. The molecule has 27 heavy (non-hydrogen) atoms. The van der Waals surface area contributed by atoms with E-state index < -0.39 is 11.7 Å². The number of carbonyl (C=O) groups is 3. The molecule has 0 aromatic heterocycles. The smallest absolute Gasteiger partial charge is 0.407 e. The van der Waals surface area contributed by atoms with Gasteiger partial charge in [-0.05, 0) is 51.8 Å². The number of nitrogens with one attached hydrogen (secondary N) is 1. The fourth-order valence-electron chi connectivity index (χ4n) is 3.51. The molecule has 0 saturated carbocycles. The van der Waals surface area contributed by atoms with Crippen molar-refractivity contribution in [2.75, 3.05) is 32.7 Å². The Morgan fingerprint density at radius 3 is 2.37 bits per heavy atom. The summed E-state index contributed by atoms with van der Waals surface area (Å²) < 4.78 is 5.25. The highest BCUT2D eigenvalue weighted by Crippen LogP contribution is 2.23. The lowest BCUT2D eigenvalue weighted by molar-refractivity contribution is 0.0517. The summed E-state index contributed by atoms with van der Waals surface area (Å²) in [5.74, 6) is -0.0735. The van der Waals surface area contributed by atoms with Gasteiger partial charge in [0.25, 0.3) is 11.8 Å². The summed E-state index contributed by atoms with van der Waals surface area (Å²) in [5, 5.41) is 2.82. The Bertz CT molecular complexity index is 706. The predicted molar refractivity (Wildman–Crippen MR) is 101 cm³/mol. The first-order chi connectivity index (χ1) is 12.7. The Morgan fingerprint density at radius 2 is 1.78 bits per heavy atom. The number of carbonyl (C=O) groups excluding carboxylic acids is 3. The fourth-order valence-corrected chi connectivity index (χ4v) is 3.51. The predicted octanol–water partition coefficient (Wildman–Crippen LogP) is 2.13. The van der Waals surface area contributed by atoms with Gasteiger partial charge in [0.05, 0.1) is 11.1 Å². The largest absolute Gasteiger partial charge is 0.444 e. The van der Waals surface area contributed by atoms with Crippen molar-refractivity contribution < 1.29 is 19.1 Å². The number of nitrogens with zero attached hydrogens (tertiary/aromatic N) is 2. The zero-order valence-electron chi connectivity index (χ0n) is 16.2. The molecule has 7 nitrogen and oxygen atoms in total. The highest BCUT2D eigenvalue weighted by molar-refractivity contribution is 6.21. The van der Waals surface area contributed by atoms with Crippen molar-refractivity contribution in [3.8, 4) is 0 Å². The zero-order chi connectivity index (χ0) is 19.6. The third-order valence-electron chi connectivity index (χ3n) is 4.82. The van der Waals surface area contributed by atoms with Crippen molar-refractivity contribution in [3.63, 3.8) is 0 Å². The van der Waals surface area contributed by atoms with Crippen LogP contribution in [0.15, 0.2) is 24.3 Å². The van der Waals surface area contributed by atoms with Crippen molar-refractivity contribution in [2.45, 2.75) is 32.8 Å². The maximum absolute atomic E-state index is 12.4. The number of alkyl carbamates (subject to hydrolysis) is 1. The van der Waals surface area contributed by atoms with Gasteiger partial charge in [-0.1, -0.05) is 12.1 Å². The maximum Gasteiger partial charge on any atom is 0.407 e. The first-order valence-corrected chi connectivity index (χ1v) is 9.39. The Morgan fingerprint density at radius 1 is 1.15 bits per heavy atom. The van der Waals surface area contributed by atoms with Crippen molar-refractivity contribution >= 4 is 17.9 Å². The monoisotopic (exact) mass is 373 g/mol. The molecule has 7 heteroatoms. The van der Waals surface area contributed by atoms with Gasteiger partial charge in [-0.25, -0.2) is 4.79 Å². The van der Waals surface area contributed by atoms with E-state index in [9.17, 15) is 14.4 Å². The lowest BCUT2D eigenvalue weighted by Gasteiger charge is -2.21. The van der Waals surface area contributed by atoms with Crippen LogP contribution in [0.1, 0.15) is 47.9 Å². The SMILES string of the molecule is CC(C)(C)OC(=O)NC[C@@H]1CCN(CCN2C(=O)c3ccccc3C2=O)C1. The van der Waals surface area contributed by atoms with E-state index in [4.69, 9.17) is 4.74 Å². The Balaban J connectivity index is 1.43. The third kappa shape index (κ3) is 4.66. The minimum atomic E-state index is -0.502. The second-order valence-electron chi connectivity index (χ2n) is 8.15. The molecule has 3 amide bonds. The normalized spacial score (nSPS) is 20.1. The summed E-state index contributed by atoms with van der Waals surface area (Å²) in [5.41, 5.74) is 0.477. The van der Waals surface area contributed by atoms with Crippen LogP contribution < -0.4 is 5.32 Å². The average Bonchev–Trinajstić information content (AvgIpc) is 3.14. The number of amides is 3. The molecule has 1 N–H and O–H groups in total. The van der Waals surface area contributed by atoms with Crippen molar-refractivity contribution in [1.82, 2.24) is 15.1 Å². The minimum Gasteiger partial charge on any atom is -0.444 e. The number of hydrogen-bond acceptors (Lipinski definition) is 5. The summed E-state index contributed by atoms with van der Waals surface area (Å²) in [7, 11) is 0. The van der Waals surface area contributed by atoms with Crippen LogP contribution in [0.4, 0.5) is 4.79 Å². The first-order valence-electron chi connectivity index (χ1n) is 9.39. The van der Waals surface area contributed by atoms with Crippen LogP contribution in [-0.2, 0) is 4.74 Å². The third-order valence-corrected chi connectivity index (χ3v) is 4.82. The summed E-state index contributed by atoms with van der Waals surface area (Å²) in [6, 6.07) is 6.94. The average molecular weight is 373 g/mol. The highest BCUT2D eigenvalue weighted by atomic mass is 16.6. The van der Waals surface area contributed by atoms with E-state index in [0.717, 1.165) is 19.5 Å². The number of likely N-dealkylation sites (tertiary alicyclic amines) is 1. The summed E-state index contributed by atoms with van der Waals surface area (Å²) in [6.07, 6.45) is 0.574. The molecular weight excluding hydrogens is 346 g/mol. The zero-order valence-corrected chi connectivity index (χ0v) is 16.2. The van der Waals surface area contributed by atoms with Gasteiger partial charge in [0, 0.05) is 26.2 Å². The fraction of sp³-hybridized carbons (Fsp3) is 0.550. The molecule has 1 aromatic carbocycles. The summed E-state index contributed by atoms with van der Waals surface area (Å²) in [6.45, 7) is 8.84. The molecule has 0 bridgehead atoms. The molecule has 1 saturated heterocycles. The van der Waals surface area contributed by atoms with E-state index in [1.165, 1.54) is 4.90 Å². The molecular formula is C20H27N3O4. The van der Waals surface area contributed by atoms with Crippen molar-refractivity contribution in [2.24, 2.45) is 5.92 Å². The van der Waals surface area contributed by atoms with Gasteiger partial charge in [-0.15, -0.1) is 0 Å². The quantitative estimate of drug-likeness (QED) is 0.800. The first kappa shape index (κ1) is 19.4. The van der Waals surface area contributed by atoms with Gasteiger partial charge < -0.3 is 15.0 Å². The van der Waals surface area contributed by atoms with Gasteiger partial charge in [0.15, 0.2) is 0 Å². The van der Waals surface area contributed by atoms with Crippen LogP contribution in [0.2, 0.25) is 0 Å². The van der Waals surface area contributed by atoms with E-state index in [2.05, 4.69) is 10.2 Å². The molecule has 0 radical (unpaired) electrons. The molecule has 1 aromatic rings. The van der Waals surface area contributed by atoms with E-state index >= 15 is 0 Å². The van der Waals surface area contributed by atoms with E-state index in [0.29, 0.717) is 36.7 Å². The molecule has 2 aliphatic rings. The number of hydrogen-bond donors (Lipinski definition) is 1. The Kier molecular flexibility index (Phi) is 5.51. The molecule has 0 unspecified atom stereocenters. The minimum absolute atomic E-state index is 0.210. The molecule has 2 heterocycles. The molecule has 1 atom stereocenters. The lowest BCUT2D eigenvalue weighted by Crippen LogP contribution is -2.38. The van der Waals surface area contributed by atoms with Gasteiger partial charge in [-0.3, -0.25) is 14.5 Å². The summed E-state index contributed by atoms with van der Waals surface area (Å²) in [4.78, 5) is 40.1. The molecule has 2 aliphatic heterocycles. The topological polar surface area (TPSA) is 79.0 Å².